The Morgan fingerprint density at radius 2 is 1.66 bits per heavy atom. The molecular weight excluding hydrogens is 398 g/mol. The standard InChI is InChI=1S/C19H29N3O6S/c1-14(2)13-27-19(24)21-10-8-20(9-11-21)18(23)16-12-17(15(3)28-16)29(25,26)22-6-4-5-7-22/h12,14H,4-11,13H2,1-3H3. The minimum atomic E-state index is -3.65. The third-order valence-electron chi connectivity index (χ3n) is 5.13. The van der Waals surface area contributed by atoms with Crippen LogP contribution in [0.1, 0.15) is 43.0 Å². The van der Waals surface area contributed by atoms with Crippen molar-refractivity contribution in [2.75, 3.05) is 45.9 Å². The van der Waals surface area contributed by atoms with E-state index in [4.69, 9.17) is 9.15 Å². The molecule has 29 heavy (non-hydrogen) atoms. The number of furan rings is 1. The summed E-state index contributed by atoms with van der Waals surface area (Å²) in [6, 6.07) is 1.33. The van der Waals surface area contributed by atoms with Crippen LogP contribution in [-0.4, -0.2) is 80.4 Å². The van der Waals surface area contributed by atoms with Gasteiger partial charge in [-0.05, 0) is 25.7 Å². The number of sulfonamides is 1. The molecule has 10 heteroatoms. The molecule has 0 saturated carbocycles. The van der Waals surface area contributed by atoms with E-state index in [2.05, 4.69) is 0 Å². The van der Waals surface area contributed by atoms with E-state index < -0.39 is 10.0 Å². The Balaban J connectivity index is 1.63. The number of amides is 2. The first-order valence-electron chi connectivity index (χ1n) is 10.0. The predicted octanol–water partition coefficient (Wildman–Crippen LogP) is 1.92. The molecule has 9 nitrogen and oxygen atoms in total. The van der Waals surface area contributed by atoms with Crippen molar-refractivity contribution >= 4 is 22.0 Å². The van der Waals surface area contributed by atoms with Crippen LogP contribution in [0.5, 0.6) is 0 Å². The summed E-state index contributed by atoms with van der Waals surface area (Å²) in [5, 5.41) is 0. The van der Waals surface area contributed by atoms with Gasteiger partial charge in [-0.2, -0.15) is 4.31 Å². The van der Waals surface area contributed by atoms with Gasteiger partial charge in [0.1, 0.15) is 10.7 Å². The lowest BCUT2D eigenvalue weighted by Gasteiger charge is -2.33. The molecule has 0 atom stereocenters. The van der Waals surface area contributed by atoms with Crippen molar-refractivity contribution < 1.29 is 27.2 Å². The van der Waals surface area contributed by atoms with Crippen LogP contribution in [0.3, 0.4) is 0 Å². The van der Waals surface area contributed by atoms with Crippen LogP contribution in [0.4, 0.5) is 4.79 Å². The van der Waals surface area contributed by atoms with Gasteiger partial charge in [-0.3, -0.25) is 4.79 Å². The average Bonchev–Trinajstić information content (AvgIpc) is 3.36. The fraction of sp³-hybridized carbons (Fsp3) is 0.684. The van der Waals surface area contributed by atoms with Crippen molar-refractivity contribution in [3.63, 3.8) is 0 Å². The summed E-state index contributed by atoms with van der Waals surface area (Å²) in [5.41, 5.74) is 0. The molecule has 162 valence electrons. The lowest BCUT2D eigenvalue weighted by atomic mass is 10.2. The Hall–Kier alpha value is -2.07. The minimum Gasteiger partial charge on any atom is -0.455 e. The lowest BCUT2D eigenvalue weighted by molar-refractivity contribution is 0.0513. The van der Waals surface area contributed by atoms with Gasteiger partial charge in [0.05, 0.1) is 6.61 Å². The summed E-state index contributed by atoms with van der Waals surface area (Å²) in [5.74, 6) is 0.119. The Morgan fingerprint density at radius 1 is 1.07 bits per heavy atom. The van der Waals surface area contributed by atoms with Gasteiger partial charge in [0, 0.05) is 45.3 Å². The number of ether oxygens (including phenoxy) is 1. The fourth-order valence-corrected chi connectivity index (χ4v) is 5.15. The van der Waals surface area contributed by atoms with Crippen molar-refractivity contribution in [1.82, 2.24) is 14.1 Å². The van der Waals surface area contributed by atoms with Crippen LogP contribution < -0.4 is 0 Å². The summed E-state index contributed by atoms with van der Waals surface area (Å²) in [7, 11) is -3.65. The van der Waals surface area contributed by atoms with Gasteiger partial charge in [0.15, 0.2) is 5.76 Å². The van der Waals surface area contributed by atoms with Gasteiger partial charge >= 0.3 is 6.09 Å². The predicted molar refractivity (Wildman–Crippen MR) is 105 cm³/mol. The molecule has 1 aromatic rings. The van der Waals surface area contributed by atoms with E-state index in [1.54, 1.807) is 16.7 Å². The summed E-state index contributed by atoms with van der Waals surface area (Å²) in [4.78, 5) is 28.0. The highest BCUT2D eigenvalue weighted by atomic mass is 32.2. The summed E-state index contributed by atoms with van der Waals surface area (Å²) < 4.78 is 37.7. The molecule has 2 aliphatic rings. The third kappa shape index (κ3) is 4.75. The van der Waals surface area contributed by atoms with Gasteiger partial charge in [0.2, 0.25) is 10.0 Å². The van der Waals surface area contributed by atoms with Crippen LogP contribution in [0, 0.1) is 12.8 Å². The van der Waals surface area contributed by atoms with E-state index in [9.17, 15) is 18.0 Å². The minimum absolute atomic E-state index is 0.0103. The molecule has 0 N–H and O–H groups in total. The highest BCUT2D eigenvalue weighted by Gasteiger charge is 2.33. The van der Waals surface area contributed by atoms with E-state index in [1.807, 2.05) is 13.8 Å². The number of piperazine rings is 1. The van der Waals surface area contributed by atoms with E-state index in [0.717, 1.165) is 12.8 Å². The largest absolute Gasteiger partial charge is 0.455 e. The Bertz CT molecular complexity index is 849. The van der Waals surface area contributed by atoms with Gasteiger partial charge < -0.3 is 19.0 Å². The molecule has 0 radical (unpaired) electrons. The van der Waals surface area contributed by atoms with Crippen LogP contribution in [0.25, 0.3) is 0 Å². The molecule has 2 aliphatic heterocycles. The van der Waals surface area contributed by atoms with E-state index in [1.165, 1.54) is 10.4 Å². The Labute approximate surface area is 171 Å². The second-order valence-electron chi connectivity index (χ2n) is 7.89. The molecule has 2 amide bonds. The summed E-state index contributed by atoms with van der Waals surface area (Å²) in [6.07, 6.45) is 1.30. The molecular formula is C19H29N3O6S. The van der Waals surface area contributed by atoms with E-state index in [0.29, 0.717) is 45.9 Å². The van der Waals surface area contributed by atoms with Gasteiger partial charge in [0.25, 0.3) is 5.91 Å². The smallest absolute Gasteiger partial charge is 0.409 e. The topological polar surface area (TPSA) is 100 Å². The number of carbonyl (C=O) groups excluding carboxylic acids is 2. The maximum Gasteiger partial charge on any atom is 0.409 e. The Morgan fingerprint density at radius 3 is 2.24 bits per heavy atom. The number of aryl methyl sites for hydroxylation is 1. The first kappa shape index (κ1) is 21.6. The van der Waals surface area contributed by atoms with Crippen molar-refractivity contribution in [2.45, 2.75) is 38.5 Å². The highest BCUT2D eigenvalue weighted by molar-refractivity contribution is 7.89. The summed E-state index contributed by atoms with van der Waals surface area (Å²) in [6.45, 7) is 8.23. The summed E-state index contributed by atoms with van der Waals surface area (Å²) >= 11 is 0. The number of hydrogen-bond acceptors (Lipinski definition) is 6. The molecule has 0 unspecified atom stereocenters. The molecule has 2 fully saturated rings. The zero-order chi connectivity index (χ0) is 21.2. The lowest BCUT2D eigenvalue weighted by Crippen LogP contribution is -2.50. The molecule has 3 rings (SSSR count). The zero-order valence-corrected chi connectivity index (χ0v) is 18.0. The third-order valence-corrected chi connectivity index (χ3v) is 7.14. The maximum absolute atomic E-state index is 12.8. The molecule has 0 bridgehead atoms. The van der Waals surface area contributed by atoms with E-state index >= 15 is 0 Å². The maximum atomic E-state index is 12.8. The van der Waals surface area contributed by atoms with Crippen molar-refractivity contribution in [3.05, 3.63) is 17.6 Å². The van der Waals surface area contributed by atoms with Gasteiger partial charge in [-0.25, -0.2) is 13.2 Å². The number of rotatable bonds is 5. The molecule has 0 aromatic carbocycles. The molecule has 2 saturated heterocycles. The number of carbonyl (C=O) groups is 2. The zero-order valence-electron chi connectivity index (χ0n) is 17.2. The molecule has 0 spiro atoms. The number of hydrogen-bond donors (Lipinski definition) is 0. The van der Waals surface area contributed by atoms with Crippen LogP contribution in [-0.2, 0) is 14.8 Å². The quantitative estimate of drug-likeness (QED) is 0.712. The Kier molecular flexibility index (Phi) is 6.52. The molecule has 0 aliphatic carbocycles. The molecule has 3 heterocycles. The van der Waals surface area contributed by atoms with Gasteiger partial charge in [-0.15, -0.1) is 0 Å². The first-order chi connectivity index (χ1) is 13.7. The van der Waals surface area contributed by atoms with Crippen LogP contribution in [0.2, 0.25) is 0 Å². The van der Waals surface area contributed by atoms with Crippen molar-refractivity contribution in [2.24, 2.45) is 5.92 Å². The second kappa shape index (κ2) is 8.74. The number of nitrogens with zero attached hydrogens (tertiary/aromatic N) is 3. The van der Waals surface area contributed by atoms with Gasteiger partial charge in [-0.1, -0.05) is 13.8 Å². The van der Waals surface area contributed by atoms with E-state index in [-0.39, 0.29) is 34.3 Å². The normalized spacial score (nSPS) is 18.5. The first-order valence-corrected chi connectivity index (χ1v) is 11.5. The fourth-order valence-electron chi connectivity index (χ4n) is 3.47. The monoisotopic (exact) mass is 427 g/mol. The average molecular weight is 428 g/mol. The van der Waals surface area contributed by atoms with Crippen LogP contribution >= 0.6 is 0 Å². The molecule has 1 aromatic heterocycles. The second-order valence-corrected chi connectivity index (χ2v) is 9.80. The SMILES string of the molecule is Cc1oc(C(=O)N2CCN(C(=O)OCC(C)C)CC2)cc1S(=O)(=O)N1CCCC1. The van der Waals surface area contributed by atoms with Crippen molar-refractivity contribution in [3.8, 4) is 0 Å². The van der Waals surface area contributed by atoms with Crippen LogP contribution in [0.15, 0.2) is 15.4 Å². The highest BCUT2D eigenvalue weighted by Crippen LogP contribution is 2.27. The van der Waals surface area contributed by atoms with Crippen molar-refractivity contribution in [1.29, 1.82) is 0 Å².